The lowest BCUT2D eigenvalue weighted by Gasteiger charge is -2.32. The van der Waals surface area contributed by atoms with Crippen molar-refractivity contribution in [1.82, 2.24) is 9.80 Å². The molecule has 2 fully saturated rings. The third-order valence-electron chi connectivity index (χ3n) is 4.75. The maximum absolute atomic E-state index is 13.1. The average molecular weight is 277 g/mol. The van der Waals surface area contributed by atoms with Crippen molar-refractivity contribution in [2.45, 2.75) is 31.3 Å². The maximum Gasteiger partial charge on any atom is 0.123 e. The highest BCUT2D eigenvalue weighted by atomic mass is 19.1. The second-order valence-corrected chi connectivity index (χ2v) is 5.98. The van der Waals surface area contributed by atoms with Gasteiger partial charge in [-0.05, 0) is 50.0 Å². The van der Waals surface area contributed by atoms with Crippen molar-refractivity contribution < 1.29 is 4.39 Å². The van der Waals surface area contributed by atoms with Gasteiger partial charge < -0.3 is 5.73 Å². The van der Waals surface area contributed by atoms with E-state index in [-0.39, 0.29) is 11.9 Å². The van der Waals surface area contributed by atoms with Crippen molar-refractivity contribution in [3.05, 3.63) is 35.6 Å². The Morgan fingerprint density at radius 3 is 2.65 bits per heavy atom. The molecule has 0 bridgehead atoms. The zero-order valence-electron chi connectivity index (χ0n) is 12.0. The average Bonchev–Trinajstić information content (AvgIpc) is 2.80. The van der Waals surface area contributed by atoms with Gasteiger partial charge in [0.1, 0.15) is 5.82 Å². The highest BCUT2D eigenvalue weighted by Gasteiger charge is 2.31. The minimum atomic E-state index is -0.178. The molecule has 0 spiro atoms. The van der Waals surface area contributed by atoms with Gasteiger partial charge in [0.2, 0.25) is 0 Å². The summed E-state index contributed by atoms with van der Waals surface area (Å²) in [4.78, 5) is 5.13. The molecule has 2 N–H and O–H groups in total. The van der Waals surface area contributed by atoms with E-state index >= 15 is 0 Å². The highest BCUT2D eigenvalue weighted by molar-refractivity contribution is 5.20. The molecule has 0 aliphatic carbocycles. The molecular weight excluding hydrogens is 253 g/mol. The van der Waals surface area contributed by atoms with E-state index in [1.165, 1.54) is 44.5 Å². The van der Waals surface area contributed by atoms with Gasteiger partial charge in [0.15, 0.2) is 0 Å². The van der Waals surface area contributed by atoms with Crippen LogP contribution in [0.4, 0.5) is 4.39 Å². The lowest BCUT2D eigenvalue weighted by molar-refractivity contribution is 0.176. The Balaban J connectivity index is 1.76. The van der Waals surface area contributed by atoms with Crippen LogP contribution in [0.15, 0.2) is 24.3 Å². The molecule has 110 valence electrons. The van der Waals surface area contributed by atoms with E-state index in [1.54, 1.807) is 0 Å². The Morgan fingerprint density at radius 1 is 1.15 bits per heavy atom. The fraction of sp³-hybridized carbons (Fsp3) is 0.625. The van der Waals surface area contributed by atoms with Crippen LogP contribution in [0.3, 0.4) is 0 Å². The van der Waals surface area contributed by atoms with Crippen LogP contribution in [0.1, 0.15) is 30.9 Å². The Morgan fingerprint density at radius 2 is 1.90 bits per heavy atom. The van der Waals surface area contributed by atoms with E-state index in [1.807, 2.05) is 12.1 Å². The summed E-state index contributed by atoms with van der Waals surface area (Å²) < 4.78 is 13.1. The summed E-state index contributed by atoms with van der Waals surface area (Å²) >= 11 is 0. The summed E-state index contributed by atoms with van der Waals surface area (Å²) in [5.41, 5.74) is 7.15. The van der Waals surface area contributed by atoms with Crippen LogP contribution >= 0.6 is 0 Å². The predicted molar refractivity (Wildman–Crippen MR) is 79.0 cm³/mol. The smallest absolute Gasteiger partial charge is 0.123 e. The lowest BCUT2D eigenvalue weighted by Crippen LogP contribution is -2.40. The molecule has 2 saturated heterocycles. The molecule has 2 atom stereocenters. The number of nitrogens with two attached hydrogens (primary N) is 1. The standard InChI is InChI=1S/C16H24FN3/c17-14-6-4-13(5-7-14)16(11-18)20-10-2-9-19-8-1-3-15(19)12-20/h4-7,15-16H,1-3,8-12,18H2. The van der Waals surface area contributed by atoms with E-state index < -0.39 is 0 Å². The Labute approximate surface area is 120 Å². The monoisotopic (exact) mass is 277 g/mol. The molecule has 0 amide bonds. The van der Waals surface area contributed by atoms with Crippen molar-refractivity contribution >= 4 is 0 Å². The van der Waals surface area contributed by atoms with Gasteiger partial charge in [-0.2, -0.15) is 0 Å². The molecule has 0 aromatic heterocycles. The molecule has 3 nitrogen and oxygen atoms in total. The minimum absolute atomic E-state index is 0.178. The first kappa shape index (κ1) is 14.0. The van der Waals surface area contributed by atoms with E-state index in [0.717, 1.165) is 18.7 Å². The SMILES string of the molecule is NCC(c1ccc(F)cc1)N1CCCN2CCCC2C1. The number of hydrogen-bond donors (Lipinski definition) is 1. The summed E-state index contributed by atoms with van der Waals surface area (Å²) in [7, 11) is 0. The largest absolute Gasteiger partial charge is 0.329 e. The van der Waals surface area contributed by atoms with Crippen LogP contribution in [0.5, 0.6) is 0 Å². The summed E-state index contributed by atoms with van der Waals surface area (Å²) in [6.07, 6.45) is 3.83. The second-order valence-electron chi connectivity index (χ2n) is 5.98. The summed E-state index contributed by atoms with van der Waals surface area (Å²) in [6, 6.07) is 7.74. The van der Waals surface area contributed by atoms with Gasteiger partial charge in [-0.3, -0.25) is 9.80 Å². The van der Waals surface area contributed by atoms with Crippen molar-refractivity contribution in [1.29, 1.82) is 0 Å². The normalized spacial score (nSPS) is 26.2. The van der Waals surface area contributed by atoms with Crippen molar-refractivity contribution in [3.63, 3.8) is 0 Å². The molecule has 20 heavy (non-hydrogen) atoms. The maximum atomic E-state index is 13.1. The lowest BCUT2D eigenvalue weighted by atomic mass is 10.0. The summed E-state index contributed by atoms with van der Waals surface area (Å²) in [5.74, 6) is -0.178. The second kappa shape index (κ2) is 6.20. The number of halogens is 1. The molecule has 1 aromatic carbocycles. The van der Waals surface area contributed by atoms with E-state index in [4.69, 9.17) is 5.73 Å². The number of hydrogen-bond acceptors (Lipinski definition) is 3. The fourth-order valence-electron chi connectivity index (χ4n) is 3.70. The Bertz CT molecular complexity index is 434. The van der Waals surface area contributed by atoms with Gasteiger partial charge in [0.25, 0.3) is 0 Å². The molecule has 2 aliphatic rings. The van der Waals surface area contributed by atoms with Crippen LogP contribution in [0.2, 0.25) is 0 Å². The van der Waals surface area contributed by atoms with Gasteiger partial charge in [-0.25, -0.2) is 4.39 Å². The first-order valence-corrected chi connectivity index (χ1v) is 7.71. The predicted octanol–water partition coefficient (Wildman–Crippen LogP) is 2.00. The third-order valence-corrected chi connectivity index (χ3v) is 4.75. The van der Waals surface area contributed by atoms with Gasteiger partial charge in [-0.1, -0.05) is 12.1 Å². The highest BCUT2D eigenvalue weighted by Crippen LogP contribution is 2.27. The molecule has 0 radical (unpaired) electrons. The van der Waals surface area contributed by atoms with Gasteiger partial charge in [0.05, 0.1) is 0 Å². The van der Waals surface area contributed by atoms with Crippen LogP contribution in [-0.4, -0.2) is 48.6 Å². The number of nitrogens with zero attached hydrogens (tertiary/aromatic N) is 2. The summed E-state index contributed by atoms with van der Waals surface area (Å²) in [5, 5.41) is 0. The molecule has 2 aliphatic heterocycles. The quantitative estimate of drug-likeness (QED) is 0.917. The Hall–Kier alpha value is -0.970. The first-order valence-electron chi connectivity index (χ1n) is 7.71. The van der Waals surface area contributed by atoms with Gasteiger partial charge >= 0.3 is 0 Å². The molecule has 2 unspecified atom stereocenters. The van der Waals surface area contributed by atoms with Crippen LogP contribution < -0.4 is 5.73 Å². The van der Waals surface area contributed by atoms with Crippen LogP contribution in [0, 0.1) is 5.82 Å². The molecule has 0 saturated carbocycles. The minimum Gasteiger partial charge on any atom is -0.329 e. The first-order chi connectivity index (χ1) is 9.78. The van der Waals surface area contributed by atoms with E-state index in [2.05, 4.69) is 9.80 Å². The topological polar surface area (TPSA) is 32.5 Å². The van der Waals surface area contributed by atoms with Crippen molar-refractivity contribution in [2.75, 3.05) is 32.7 Å². The van der Waals surface area contributed by atoms with Crippen molar-refractivity contribution in [3.8, 4) is 0 Å². The molecular formula is C16H24FN3. The third kappa shape index (κ3) is 2.87. The van der Waals surface area contributed by atoms with E-state index in [9.17, 15) is 4.39 Å². The number of benzene rings is 1. The Kier molecular flexibility index (Phi) is 4.34. The van der Waals surface area contributed by atoms with Crippen molar-refractivity contribution in [2.24, 2.45) is 5.73 Å². The van der Waals surface area contributed by atoms with E-state index in [0.29, 0.717) is 12.6 Å². The molecule has 3 rings (SSSR count). The zero-order chi connectivity index (χ0) is 13.9. The molecule has 2 heterocycles. The zero-order valence-corrected chi connectivity index (χ0v) is 12.0. The fourth-order valence-corrected chi connectivity index (χ4v) is 3.70. The van der Waals surface area contributed by atoms with Crippen LogP contribution in [0.25, 0.3) is 0 Å². The van der Waals surface area contributed by atoms with Gasteiger partial charge in [0, 0.05) is 31.7 Å². The molecule has 1 aromatic rings. The summed E-state index contributed by atoms with van der Waals surface area (Å²) in [6.45, 7) is 5.24. The van der Waals surface area contributed by atoms with Crippen LogP contribution in [-0.2, 0) is 0 Å². The number of rotatable bonds is 3. The van der Waals surface area contributed by atoms with Gasteiger partial charge in [-0.15, -0.1) is 0 Å². The molecule has 4 heteroatoms. The number of fused-ring (bicyclic) bond motifs is 1.